The third-order valence-electron chi connectivity index (χ3n) is 5.24. The molecule has 0 aliphatic carbocycles. The van der Waals surface area contributed by atoms with Crippen molar-refractivity contribution in [1.29, 1.82) is 0 Å². The molecular weight excluding hydrogens is 432 g/mol. The number of halogens is 1. The van der Waals surface area contributed by atoms with Crippen LogP contribution in [-0.2, 0) is 0 Å². The summed E-state index contributed by atoms with van der Waals surface area (Å²) in [5, 5.41) is 4.71. The lowest BCUT2D eigenvalue weighted by Gasteiger charge is -2.22. The highest BCUT2D eigenvalue weighted by atomic mass is 35.5. The molecule has 160 valence electrons. The average Bonchev–Trinajstić information content (AvgIpc) is 3.34. The van der Waals surface area contributed by atoms with Gasteiger partial charge in [0.1, 0.15) is 23.7 Å². The number of aromatic nitrogens is 1. The number of nitrogens with zero attached hydrogens (tertiary/aromatic N) is 2. The van der Waals surface area contributed by atoms with Gasteiger partial charge in [-0.15, -0.1) is 0 Å². The Kier molecular flexibility index (Phi) is 4.83. The third-order valence-corrected chi connectivity index (χ3v) is 5.47. The second kappa shape index (κ2) is 7.69. The maximum absolute atomic E-state index is 13.6. The highest BCUT2D eigenvalue weighted by Crippen LogP contribution is 2.41. The number of benzene rings is 2. The molecule has 4 aromatic rings. The largest absolute Gasteiger partial charge is 0.490 e. The van der Waals surface area contributed by atoms with Crippen LogP contribution >= 0.6 is 11.6 Å². The number of rotatable bonds is 5. The Hall–Kier alpha value is -3.84. The molecule has 0 saturated carbocycles. The zero-order valence-corrected chi connectivity index (χ0v) is 17.8. The smallest absolute Gasteiger partial charge is 0.296 e. The summed E-state index contributed by atoms with van der Waals surface area (Å²) < 4.78 is 16.8. The summed E-state index contributed by atoms with van der Waals surface area (Å²) in [7, 11) is 0. The first kappa shape index (κ1) is 20.1. The van der Waals surface area contributed by atoms with E-state index in [9.17, 15) is 9.59 Å². The van der Waals surface area contributed by atoms with Gasteiger partial charge in [-0.2, -0.15) is 0 Å². The minimum atomic E-state index is -0.783. The number of carbonyl (C=O) groups is 1. The van der Waals surface area contributed by atoms with Crippen LogP contribution in [0.3, 0.4) is 0 Å². The quantitative estimate of drug-likeness (QED) is 0.397. The zero-order chi connectivity index (χ0) is 22.4. The van der Waals surface area contributed by atoms with Crippen LogP contribution < -0.4 is 15.1 Å². The van der Waals surface area contributed by atoms with Gasteiger partial charge in [0.2, 0.25) is 5.76 Å². The molecule has 5 rings (SSSR count). The molecule has 0 N–H and O–H groups in total. The van der Waals surface area contributed by atoms with E-state index in [-0.39, 0.29) is 28.2 Å². The van der Waals surface area contributed by atoms with Crippen molar-refractivity contribution in [3.63, 3.8) is 0 Å². The molecule has 1 unspecified atom stereocenters. The van der Waals surface area contributed by atoms with Crippen LogP contribution in [0.15, 0.2) is 74.9 Å². The van der Waals surface area contributed by atoms with Crippen LogP contribution in [0.25, 0.3) is 11.0 Å². The van der Waals surface area contributed by atoms with E-state index in [0.717, 1.165) is 0 Å². The second-order valence-corrected chi connectivity index (χ2v) is 7.80. The first-order valence-corrected chi connectivity index (χ1v) is 10.2. The first-order chi connectivity index (χ1) is 15.5. The highest BCUT2D eigenvalue weighted by molar-refractivity contribution is 6.31. The van der Waals surface area contributed by atoms with Crippen molar-refractivity contribution >= 4 is 34.3 Å². The van der Waals surface area contributed by atoms with Crippen LogP contribution in [0.5, 0.6) is 5.75 Å². The lowest BCUT2D eigenvalue weighted by atomic mass is 9.98. The fraction of sp³-hybridized carbons (Fsp3) is 0.125. The van der Waals surface area contributed by atoms with Crippen molar-refractivity contribution in [2.75, 3.05) is 11.5 Å². The molecule has 32 heavy (non-hydrogen) atoms. The first-order valence-electron chi connectivity index (χ1n) is 9.84. The lowest BCUT2D eigenvalue weighted by molar-refractivity contribution is 0.0969. The number of hydrogen-bond acceptors (Lipinski definition) is 6. The van der Waals surface area contributed by atoms with E-state index < -0.39 is 11.9 Å². The van der Waals surface area contributed by atoms with E-state index in [0.29, 0.717) is 34.1 Å². The van der Waals surface area contributed by atoms with E-state index in [4.69, 9.17) is 25.3 Å². The van der Waals surface area contributed by atoms with Crippen LogP contribution in [0.1, 0.15) is 33.5 Å². The van der Waals surface area contributed by atoms with Gasteiger partial charge in [0.05, 0.1) is 17.0 Å². The summed E-state index contributed by atoms with van der Waals surface area (Å²) in [4.78, 5) is 28.4. The standard InChI is InChI=1S/C24H17ClN2O5/c1-3-9-30-16-6-4-5-14(11-16)21-20-22(28)17-12-15(25)7-8-18(17)31-23(20)24(29)27(21)19-10-13(2)32-26-19/h3-8,10-12,21H,1,9H2,2H3. The molecular formula is C24H17ClN2O5. The van der Waals surface area contributed by atoms with Gasteiger partial charge in [0.15, 0.2) is 11.2 Å². The molecule has 0 fully saturated rings. The van der Waals surface area contributed by atoms with Gasteiger partial charge in [0.25, 0.3) is 5.91 Å². The fourth-order valence-corrected chi connectivity index (χ4v) is 4.07. The second-order valence-electron chi connectivity index (χ2n) is 7.36. The Bertz CT molecular complexity index is 1440. The van der Waals surface area contributed by atoms with Gasteiger partial charge in [-0.3, -0.25) is 14.5 Å². The van der Waals surface area contributed by atoms with Crippen LogP contribution in [0.4, 0.5) is 5.82 Å². The molecule has 2 aromatic carbocycles. The molecule has 2 aromatic heterocycles. The number of hydrogen-bond donors (Lipinski definition) is 0. The Morgan fingerprint density at radius 1 is 1.22 bits per heavy atom. The Labute approximate surface area is 187 Å². The summed E-state index contributed by atoms with van der Waals surface area (Å²) in [6.07, 6.45) is 1.63. The minimum Gasteiger partial charge on any atom is -0.490 e. The molecule has 8 heteroatoms. The van der Waals surface area contributed by atoms with E-state index in [2.05, 4.69) is 11.7 Å². The van der Waals surface area contributed by atoms with Gasteiger partial charge in [0, 0.05) is 11.1 Å². The number of aryl methyl sites for hydroxylation is 1. The molecule has 0 radical (unpaired) electrons. The van der Waals surface area contributed by atoms with Gasteiger partial charge in [-0.1, -0.05) is 41.5 Å². The number of fused-ring (bicyclic) bond motifs is 2. The number of anilines is 1. The summed E-state index contributed by atoms with van der Waals surface area (Å²) in [6.45, 7) is 5.70. The maximum Gasteiger partial charge on any atom is 0.296 e. The van der Waals surface area contributed by atoms with Gasteiger partial charge < -0.3 is 13.7 Å². The van der Waals surface area contributed by atoms with Crippen molar-refractivity contribution in [2.45, 2.75) is 13.0 Å². The molecule has 1 amide bonds. The van der Waals surface area contributed by atoms with Crippen LogP contribution in [-0.4, -0.2) is 17.7 Å². The Morgan fingerprint density at radius 3 is 2.81 bits per heavy atom. The van der Waals surface area contributed by atoms with Crippen molar-refractivity contribution in [3.8, 4) is 5.75 Å². The van der Waals surface area contributed by atoms with Crippen molar-refractivity contribution in [1.82, 2.24) is 5.16 Å². The molecule has 0 spiro atoms. The normalized spacial score (nSPS) is 15.2. The monoisotopic (exact) mass is 448 g/mol. The summed E-state index contributed by atoms with van der Waals surface area (Å²) >= 11 is 6.12. The van der Waals surface area contributed by atoms with Crippen LogP contribution in [0, 0.1) is 6.92 Å². The van der Waals surface area contributed by atoms with Crippen molar-refractivity contribution < 1.29 is 18.5 Å². The number of carbonyl (C=O) groups excluding carboxylic acids is 1. The molecule has 7 nitrogen and oxygen atoms in total. The number of amides is 1. The van der Waals surface area contributed by atoms with Crippen molar-refractivity contribution in [3.05, 3.63) is 99.1 Å². The average molecular weight is 449 g/mol. The predicted molar refractivity (Wildman–Crippen MR) is 120 cm³/mol. The van der Waals surface area contributed by atoms with Gasteiger partial charge in [-0.05, 0) is 42.8 Å². The molecule has 0 saturated heterocycles. The topological polar surface area (TPSA) is 85.8 Å². The van der Waals surface area contributed by atoms with E-state index >= 15 is 0 Å². The zero-order valence-electron chi connectivity index (χ0n) is 17.0. The summed E-state index contributed by atoms with van der Waals surface area (Å²) in [5.41, 5.74) is 0.827. The SMILES string of the molecule is C=CCOc1cccc(C2c3c(oc4ccc(Cl)cc4c3=O)C(=O)N2c2cc(C)on2)c1. The maximum atomic E-state index is 13.6. The Balaban J connectivity index is 1.77. The van der Waals surface area contributed by atoms with E-state index in [1.807, 2.05) is 6.07 Å². The third kappa shape index (κ3) is 3.18. The minimum absolute atomic E-state index is 0.0344. The van der Waals surface area contributed by atoms with Crippen molar-refractivity contribution in [2.24, 2.45) is 0 Å². The number of ether oxygens (including phenoxy) is 1. The van der Waals surface area contributed by atoms with E-state index in [1.54, 1.807) is 49.4 Å². The van der Waals surface area contributed by atoms with Crippen LogP contribution in [0.2, 0.25) is 5.02 Å². The molecule has 1 aliphatic rings. The Morgan fingerprint density at radius 2 is 2.06 bits per heavy atom. The highest BCUT2D eigenvalue weighted by Gasteiger charge is 2.45. The molecule has 1 atom stereocenters. The van der Waals surface area contributed by atoms with Gasteiger partial charge in [-0.25, -0.2) is 0 Å². The summed E-state index contributed by atoms with van der Waals surface area (Å²) in [6, 6.07) is 12.7. The molecule has 0 bridgehead atoms. The molecule has 1 aliphatic heterocycles. The summed E-state index contributed by atoms with van der Waals surface area (Å²) in [5.74, 6) is 0.870. The predicted octanol–water partition coefficient (Wildman–Crippen LogP) is 5.06. The van der Waals surface area contributed by atoms with E-state index in [1.165, 1.54) is 11.0 Å². The van der Waals surface area contributed by atoms with Gasteiger partial charge >= 0.3 is 0 Å². The molecule has 3 heterocycles. The lowest BCUT2D eigenvalue weighted by Crippen LogP contribution is -2.29. The fourth-order valence-electron chi connectivity index (χ4n) is 3.89.